The molecule has 1 aliphatic heterocycles. The molecule has 0 fully saturated rings. The minimum atomic E-state index is -0.213. The highest BCUT2D eigenvalue weighted by Gasteiger charge is 2.34. The van der Waals surface area contributed by atoms with Crippen LogP contribution < -0.4 is 0 Å². The summed E-state index contributed by atoms with van der Waals surface area (Å²) in [5.41, 5.74) is 1.96. The van der Waals surface area contributed by atoms with Gasteiger partial charge in [0.1, 0.15) is 6.33 Å². The van der Waals surface area contributed by atoms with Crippen molar-refractivity contribution in [2.75, 3.05) is 6.54 Å². The van der Waals surface area contributed by atoms with Gasteiger partial charge in [-0.15, -0.1) is 0 Å². The summed E-state index contributed by atoms with van der Waals surface area (Å²) in [4.78, 5) is 34.0. The molecule has 0 spiro atoms. The summed E-state index contributed by atoms with van der Waals surface area (Å²) in [6, 6.07) is 6.93. The van der Waals surface area contributed by atoms with E-state index in [-0.39, 0.29) is 11.8 Å². The van der Waals surface area contributed by atoms with Crippen LogP contribution in [-0.4, -0.2) is 42.8 Å². The van der Waals surface area contributed by atoms with E-state index in [1.54, 1.807) is 35.0 Å². The van der Waals surface area contributed by atoms with Crippen LogP contribution in [0.5, 0.6) is 0 Å². The fraction of sp³-hybridized carbons (Fsp3) is 0.188. The monoisotopic (exact) mass is 307 g/mol. The van der Waals surface area contributed by atoms with E-state index < -0.39 is 0 Å². The number of imide groups is 1. The molecule has 7 heteroatoms. The fourth-order valence-corrected chi connectivity index (χ4v) is 2.77. The maximum Gasteiger partial charge on any atom is 0.261 e. The van der Waals surface area contributed by atoms with Crippen LogP contribution in [-0.2, 0) is 6.42 Å². The van der Waals surface area contributed by atoms with Crippen LogP contribution in [0.15, 0.2) is 43.0 Å². The number of carbonyl (C=O) groups is 2. The predicted octanol–water partition coefficient (Wildman–Crippen LogP) is 1.35. The SMILES string of the molecule is O=C1c2ccccc2C(=O)N1CCCc1cnc2ncnn2c1. The standard InChI is InChI=1S/C16H13N5O2/c22-14-12-5-1-2-6-13(12)15(23)20(14)7-3-4-11-8-17-16-18-10-19-21(16)9-11/h1-2,5-6,8-10H,3-4,7H2. The van der Waals surface area contributed by atoms with E-state index in [0.29, 0.717) is 36.3 Å². The van der Waals surface area contributed by atoms with Crippen LogP contribution in [0.4, 0.5) is 0 Å². The second-order valence-electron chi connectivity index (χ2n) is 5.38. The first kappa shape index (κ1) is 13.6. The fourth-order valence-electron chi connectivity index (χ4n) is 2.77. The zero-order chi connectivity index (χ0) is 15.8. The summed E-state index contributed by atoms with van der Waals surface area (Å²) < 4.78 is 1.61. The number of benzene rings is 1. The van der Waals surface area contributed by atoms with Crippen LogP contribution in [0.1, 0.15) is 32.7 Å². The van der Waals surface area contributed by atoms with Gasteiger partial charge in [-0.05, 0) is 30.5 Å². The highest BCUT2D eigenvalue weighted by molar-refractivity contribution is 6.21. The van der Waals surface area contributed by atoms with Gasteiger partial charge in [0.05, 0.1) is 11.1 Å². The molecule has 0 saturated carbocycles. The smallest absolute Gasteiger partial charge is 0.261 e. The Bertz CT molecular complexity index is 882. The lowest BCUT2D eigenvalue weighted by Gasteiger charge is -2.13. The zero-order valence-corrected chi connectivity index (χ0v) is 12.2. The summed E-state index contributed by atoms with van der Waals surface area (Å²) in [7, 11) is 0. The Morgan fingerprint density at radius 2 is 1.74 bits per heavy atom. The summed E-state index contributed by atoms with van der Waals surface area (Å²) >= 11 is 0. The highest BCUT2D eigenvalue weighted by atomic mass is 16.2. The number of aromatic nitrogens is 4. The molecule has 114 valence electrons. The number of carbonyl (C=O) groups excluding carboxylic acids is 2. The maximum atomic E-state index is 12.3. The third-order valence-electron chi connectivity index (χ3n) is 3.91. The number of hydrogen-bond donors (Lipinski definition) is 0. The molecule has 2 aromatic heterocycles. The molecule has 4 rings (SSSR count). The number of rotatable bonds is 4. The first-order valence-electron chi connectivity index (χ1n) is 7.33. The van der Waals surface area contributed by atoms with E-state index >= 15 is 0 Å². The molecule has 2 amide bonds. The lowest BCUT2D eigenvalue weighted by Crippen LogP contribution is -2.31. The molecule has 0 bridgehead atoms. The number of nitrogens with zero attached hydrogens (tertiary/aromatic N) is 5. The molecule has 0 aliphatic carbocycles. The van der Waals surface area contributed by atoms with Crippen molar-refractivity contribution in [3.8, 4) is 0 Å². The molecular formula is C16H13N5O2. The molecule has 3 heterocycles. The van der Waals surface area contributed by atoms with Gasteiger partial charge in [-0.2, -0.15) is 10.1 Å². The van der Waals surface area contributed by atoms with Crippen molar-refractivity contribution in [3.05, 3.63) is 59.7 Å². The average molecular weight is 307 g/mol. The molecule has 23 heavy (non-hydrogen) atoms. The van der Waals surface area contributed by atoms with E-state index in [9.17, 15) is 9.59 Å². The van der Waals surface area contributed by atoms with Gasteiger partial charge in [-0.25, -0.2) is 9.50 Å². The van der Waals surface area contributed by atoms with Crippen molar-refractivity contribution < 1.29 is 9.59 Å². The van der Waals surface area contributed by atoms with Gasteiger partial charge in [-0.1, -0.05) is 12.1 Å². The first-order chi connectivity index (χ1) is 11.2. The number of amides is 2. The lowest BCUT2D eigenvalue weighted by atomic mass is 10.1. The Kier molecular flexibility index (Phi) is 3.11. The molecule has 7 nitrogen and oxygen atoms in total. The van der Waals surface area contributed by atoms with E-state index in [2.05, 4.69) is 15.1 Å². The number of hydrogen-bond acceptors (Lipinski definition) is 5. The topological polar surface area (TPSA) is 80.5 Å². The Labute approximate surface area is 131 Å². The lowest BCUT2D eigenvalue weighted by molar-refractivity contribution is 0.0652. The van der Waals surface area contributed by atoms with Gasteiger partial charge >= 0.3 is 0 Å². The van der Waals surface area contributed by atoms with E-state index in [1.165, 1.54) is 11.2 Å². The highest BCUT2D eigenvalue weighted by Crippen LogP contribution is 2.22. The quantitative estimate of drug-likeness (QED) is 0.680. The number of aryl methyl sites for hydroxylation is 1. The zero-order valence-electron chi connectivity index (χ0n) is 12.2. The molecular weight excluding hydrogens is 294 g/mol. The molecule has 0 N–H and O–H groups in total. The van der Waals surface area contributed by atoms with Crippen molar-refractivity contribution in [1.29, 1.82) is 0 Å². The van der Waals surface area contributed by atoms with Gasteiger partial charge in [0, 0.05) is 18.9 Å². The van der Waals surface area contributed by atoms with Crippen molar-refractivity contribution in [2.45, 2.75) is 12.8 Å². The minimum absolute atomic E-state index is 0.213. The summed E-state index contributed by atoms with van der Waals surface area (Å²) in [5.74, 6) is 0.125. The molecule has 0 radical (unpaired) electrons. The third kappa shape index (κ3) is 2.26. The Morgan fingerprint density at radius 1 is 1.00 bits per heavy atom. The number of fused-ring (bicyclic) bond motifs is 2. The van der Waals surface area contributed by atoms with Crippen LogP contribution in [0, 0.1) is 0 Å². The maximum absolute atomic E-state index is 12.3. The van der Waals surface area contributed by atoms with Crippen LogP contribution in [0.25, 0.3) is 5.78 Å². The first-order valence-corrected chi connectivity index (χ1v) is 7.33. The Morgan fingerprint density at radius 3 is 2.48 bits per heavy atom. The third-order valence-corrected chi connectivity index (χ3v) is 3.91. The van der Waals surface area contributed by atoms with Gasteiger partial charge < -0.3 is 0 Å². The van der Waals surface area contributed by atoms with Gasteiger partial charge in [0.2, 0.25) is 0 Å². The Balaban J connectivity index is 1.44. The van der Waals surface area contributed by atoms with E-state index in [4.69, 9.17) is 0 Å². The molecule has 0 saturated heterocycles. The van der Waals surface area contributed by atoms with Crippen molar-refractivity contribution in [3.63, 3.8) is 0 Å². The summed E-state index contributed by atoms with van der Waals surface area (Å²) in [6.07, 6.45) is 6.43. The molecule has 0 unspecified atom stereocenters. The van der Waals surface area contributed by atoms with Crippen molar-refractivity contribution in [1.82, 2.24) is 24.5 Å². The molecule has 1 aromatic carbocycles. The van der Waals surface area contributed by atoms with E-state index in [0.717, 1.165) is 5.56 Å². The van der Waals surface area contributed by atoms with Crippen LogP contribution in [0.2, 0.25) is 0 Å². The van der Waals surface area contributed by atoms with Crippen molar-refractivity contribution in [2.24, 2.45) is 0 Å². The summed E-state index contributed by atoms with van der Waals surface area (Å²) in [6.45, 7) is 0.391. The minimum Gasteiger partial charge on any atom is -0.274 e. The van der Waals surface area contributed by atoms with Crippen LogP contribution >= 0.6 is 0 Å². The van der Waals surface area contributed by atoms with Gasteiger partial charge in [0.25, 0.3) is 17.6 Å². The van der Waals surface area contributed by atoms with E-state index in [1.807, 2.05) is 6.20 Å². The van der Waals surface area contributed by atoms with Gasteiger partial charge in [0.15, 0.2) is 0 Å². The molecule has 0 atom stereocenters. The van der Waals surface area contributed by atoms with Crippen LogP contribution in [0.3, 0.4) is 0 Å². The Hall–Kier alpha value is -3.09. The van der Waals surface area contributed by atoms with Gasteiger partial charge in [-0.3, -0.25) is 14.5 Å². The molecule has 1 aliphatic rings. The second-order valence-corrected chi connectivity index (χ2v) is 5.38. The predicted molar refractivity (Wildman–Crippen MR) is 80.9 cm³/mol. The second kappa shape index (κ2) is 5.28. The summed E-state index contributed by atoms with van der Waals surface area (Å²) in [5, 5.41) is 4.04. The average Bonchev–Trinajstić information content (AvgIpc) is 3.13. The largest absolute Gasteiger partial charge is 0.274 e. The molecule has 3 aromatic rings. The van der Waals surface area contributed by atoms with Crippen molar-refractivity contribution >= 4 is 17.6 Å². The normalized spacial score (nSPS) is 13.8.